The van der Waals surface area contributed by atoms with Gasteiger partial charge in [-0.05, 0) is 37.5 Å². The molecule has 2 N–H and O–H groups in total. The van der Waals surface area contributed by atoms with Crippen molar-refractivity contribution in [2.45, 2.75) is 26.7 Å². The number of rotatable bonds is 6. The molecule has 1 aliphatic rings. The number of carboxylic acids is 2. The largest absolute Gasteiger partial charge is 0.481 e. The molecule has 2 aromatic rings. The molecular weight excluding hydrogens is 412 g/mol. The van der Waals surface area contributed by atoms with Crippen LogP contribution in [-0.2, 0) is 14.3 Å². The van der Waals surface area contributed by atoms with Crippen molar-refractivity contribution in [2.24, 2.45) is 5.41 Å². The molecule has 1 unspecified atom stereocenters. The van der Waals surface area contributed by atoms with E-state index in [4.69, 9.17) is 10.2 Å². The second kappa shape index (κ2) is 10.9. The Morgan fingerprint density at radius 3 is 2.47 bits per heavy atom. The van der Waals surface area contributed by atoms with Gasteiger partial charge >= 0.3 is 17.9 Å². The van der Waals surface area contributed by atoms with Crippen LogP contribution in [0.2, 0.25) is 0 Å². The number of esters is 1. The lowest BCUT2D eigenvalue weighted by Crippen LogP contribution is -2.32. The predicted octanol–water partition coefficient (Wildman–Crippen LogP) is 4.13. The van der Waals surface area contributed by atoms with E-state index in [0.717, 1.165) is 5.56 Å². The van der Waals surface area contributed by atoms with E-state index in [1.54, 1.807) is 37.0 Å². The average molecular weight is 438 g/mol. The molecule has 0 saturated carbocycles. The van der Waals surface area contributed by atoms with Crippen molar-refractivity contribution >= 4 is 30.2 Å². The van der Waals surface area contributed by atoms with E-state index in [-0.39, 0.29) is 18.0 Å². The maximum Gasteiger partial charge on any atom is 0.341 e. The highest BCUT2D eigenvalue weighted by atomic mass is 16.5. The van der Waals surface area contributed by atoms with Gasteiger partial charge in [0, 0.05) is 18.0 Å². The van der Waals surface area contributed by atoms with E-state index in [0.29, 0.717) is 17.6 Å². The van der Waals surface area contributed by atoms with E-state index in [1.807, 2.05) is 36.4 Å². The summed E-state index contributed by atoms with van der Waals surface area (Å²) in [6.07, 6.45) is 10.4. The molecule has 3 rings (SSSR count). The number of benzene rings is 1. The third-order valence-corrected chi connectivity index (χ3v) is 4.99. The Kier molecular flexibility index (Phi) is 8.29. The van der Waals surface area contributed by atoms with Gasteiger partial charge in [-0.1, -0.05) is 48.9 Å². The van der Waals surface area contributed by atoms with Crippen molar-refractivity contribution in [1.82, 2.24) is 9.78 Å². The summed E-state index contributed by atoms with van der Waals surface area (Å²) >= 11 is 0. The number of allylic oxidation sites excluding steroid dienone is 2. The van der Waals surface area contributed by atoms with Crippen LogP contribution in [-0.4, -0.2) is 45.0 Å². The zero-order valence-electron chi connectivity index (χ0n) is 18.2. The molecule has 168 valence electrons. The second-order valence-electron chi connectivity index (χ2n) is 7.28. The van der Waals surface area contributed by atoms with Gasteiger partial charge in [0.25, 0.3) is 0 Å². The van der Waals surface area contributed by atoms with E-state index < -0.39 is 17.4 Å². The summed E-state index contributed by atoms with van der Waals surface area (Å²) in [5, 5.41) is 22.0. The minimum Gasteiger partial charge on any atom is -0.481 e. The van der Waals surface area contributed by atoms with E-state index >= 15 is 0 Å². The molecule has 0 fully saturated rings. The average Bonchev–Trinajstić information content (AvgIpc) is 3.26. The first kappa shape index (κ1) is 24.3. The summed E-state index contributed by atoms with van der Waals surface area (Å²) < 4.78 is 6.16. The number of hydrogen-bond acceptors (Lipinski definition) is 5. The minimum atomic E-state index is -1.05. The zero-order valence-corrected chi connectivity index (χ0v) is 18.2. The summed E-state index contributed by atoms with van der Waals surface area (Å²) in [5.74, 6) is -2.39. The zero-order chi connectivity index (χ0) is 23.7. The summed E-state index contributed by atoms with van der Waals surface area (Å²) in [4.78, 5) is 33.2. The van der Waals surface area contributed by atoms with Gasteiger partial charge in [-0.3, -0.25) is 4.79 Å². The lowest BCUT2D eigenvalue weighted by Gasteiger charge is -2.28. The molecule has 0 spiro atoms. The molecule has 1 aliphatic carbocycles. The van der Waals surface area contributed by atoms with Crippen LogP contribution in [0.1, 0.15) is 42.6 Å². The Morgan fingerprint density at radius 1 is 1.22 bits per heavy atom. The maximum atomic E-state index is 11.2. The number of aromatic nitrogens is 2. The highest BCUT2D eigenvalue weighted by molar-refractivity contribution is 5.90. The van der Waals surface area contributed by atoms with Crippen molar-refractivity contribution in [3.05, 3.63) is 77.2 Å². The molecular formula is C24H26N2O6. The monoisotopic (exact) mass is 438 g/mol. The topological polar surface area (TPSA) is 119 Å². The van der Waals surface area contributed by atoms with Crippen LogP contribution in [0.5, 0.6) is 0 Å². The van der Waals surface area contributed by atoms with Crippen LogP contribution in [0, 0.1) is 5.41 Å². The first-order valence-corrected chi connectivity index (χ1v) is 9.93. The number of ether oxygens (including phenoxy) is 1. The van der Waals surface area contributed by atoms with Gasteiger partial charge in [0.05, 0.1) is 24.3 Å². The highest BCUT2D eigenvalue weighted by Gasteiger charge is 2.38. The van der Waals surface area contributed by atoms with Crippen LogP contribution >= 0.6 is 0 Å². The number of nitrogens with zero attached hydrogens (tertiary/aromatic N) is 2. The first-order valence-electron chi connectivity index (χ1n) is 9.93. The molecule has 1 aromatic heterocycles. The standard InChI is InChI=1S/C13H12N2O2.C11H14O4/c1-17-13(16)12-9-14-15(10-12)8-7-11-5-3-2-4-6-11;1-3-11(10(14)15)5-7(2)4-8(6-11)9(12)13/h2-10H,1H3;4-5H,3,6H2,1-2H3,(H,12,13)(H,14,15). The summed E-state index contributed by atoms with van der Waals surface area (Å²) in [6.45, 7) is 3.47. The lowest BCUT2D eigenvalue weighted by molar-refractivity contribution is -0.146. The van der Waals surface area contributed by atoms with Gasteiger partial charge in [-0.2, -0.15) is 5.10 Å². The number of carbonyl (C=O) groups is 3. The van der Waals surface area contributed by atoms with Crippen molar-refractivity contribution in [3.8, 4) is 0 Å². The molecule has 1 heterocycles. The number of hydrogen-bond donors (Lipinski definition) is 2. The molecule has 32 heavy (non-hydrogen) atoms. The molecule has 0 bridgehead atoms. The van der Waals surface area contributed by atoms with Crippen LogP contribution in [0.25, 0.3) is 12.3 Å². The molecule has 0 radical (unpaired) electrons. The van der Waals surface area contributed by atoms with Gasteiger partial charge in [0.15, 0.2) is 0 Å². The Balaban J connectivity index is 0.000000229. The Hall–Kier alpha value is -3.94. The summed E-state index contributed by atoms with van der Waals surface area (Å²) in [6, 6.07) is 9.86. The normalized spacial score (nSPS) is 17.6. The first-order chi connectivity index (χ1) is 15.2. The number of methoxy groups -OCH3 is 1. The van der Waals surface area contributed by atoms with Gasteiger partial charge in [-0.15, -0.1) is 0 Å². The Labute approximate surface area is 186 Å². The van der Waals surface area contributed by atoms with Crippen molar-refractivity contribution in [3.63, 3.8) is 0 Å². The molecule has 1 atom stereocenters. The van der Waals surface area contributed by atoms with Gasteiger partial charge in [0.1, 0.15) is 0 Å². The molecule has 0 amide bonds. The Bertz CT molecular complexity index is 1070. The van der Waals surface area contributed by atoms with Crippen molar-refractivity contribution < 1.29 is 29.3 Å². The van der Waals surface area contributed by atoms with E-state index in [2.05, 4.69) is 9.84 Å². The van der Waals surface area contributed by atoms with Crippen LogP contribution in [0.3, 0.4) is 0 Å². The Morgan fingerprint density at radius 2 is 1.91 bits per heavy atom. The van der Waals surface area contributed by atoms with Gasteiger partial charge in [0.2, 0.25) is 0 Å². The molecule has 0 aliphatic heterocycles. The third-order valence-electron chi connectivity index (χ3n) is 4.99. The maximum absolute atomic E-state index is 11.2. The minimum absolute atomic E-state index is 0.0610. The molecule has 8 heteroatoms. The van der Waals surface area contributed by atoms with Crippen molar-refractivity contribution in [2.75, 3.05) is 7.11 Å². The van der Waals surface area contributed by atoms with Crippen LogP contribution < -0.4 is 0 Å². The molecule has 1 aromatic carbocycles. The number of carbonyl (C=O) groups excluding carboxylic acids is 1. The van der Waals surface area contributed by atoms with Crippen molar-refractivity contribution in [1.29, 1.82) is 0 Å². The second-order valence-corrected chi connectivity index (χ2v) is 7.28. The fourth-order valence-corrected chi connectivity index (χ4v) is 3.22. The van der Waals surface area contributed by atoms with Crippen LogP contribution in [0.4, 0.5) is 0 Å². The fraction of sp³-hybridized carbons (Fsp3) is 0.250. The van der Waals surface area contributed by atoms with E-state index in [1.165, 1.54) is 19.4 Å². The van der Waals surface area contributed by atoms with Gasteiger partial charge in [-0.25, -0.2) is 14.3 Å². The lowest BCUT2D eigenvalue weighted by atomic mass is 9.74. The molecule has 8 nitrogen and oxygen atoms in total. The highest BCUT2D eigenvalue weighted by Crippen LogP contribution is 2.37. The quantitative estimate of drug-likeness (QED) is 0.651. The van der Waals surface area contributed by atoms with E-state index in [9.17, 15) is 14.4 Å². The predicted molar refractivity (Wildman–Crippen MR) is 120 cm³/mol. The smallest absolute Gasteiger partial charge is 0.341 e. The number of aliphatic carboxylic acids is 2. The number of carboxylic acid groups (broad SMARTS) is 2. The third kappa shape index (κ3) is 6.28. The van der Waals surface area contributed by atoms with Gasteiger partial charge < -0.3 is 14.9 Å². The molecule has 0 saturated heterocycles. The van der Waals surface area contributed by atoms with Crippen LogP contribution in [0.15, 0.2) is 66.0 Å². The SMILES string of the molecule is CCC1(C(=O)O)C=C(C)C=C(C(=O)O)C1.COC(=O)c1cnn(C=Cc2ccccc2)c1. The fourth-order valence-electron chi connectivity index (χ4n) is 3.22. The summed E-state index contributed by atoms with van der Waals surface area (Å²) in [5.41, 5.74) is 1.32. The summed E-state index contributed by atoms with van der Waals surface area (Å²) in [7, 11) is 1.35.